The molecule has 0 heterocycles. The summed E-state index contributed by atoms with van der Waals surface area (Å²) < 4.78 is 9.37. The van der Waals surface area contributed by atoms with E-state index in [1.165, 1.54) is 14.2 Å². The summed E-state index contributed by atoms with van der Waals surface area (Å²) in [5.41, 5.74) is 2.12. The van der Waals surface area contributed by atoms with Crippen LogP contribution in [0.5, 0.6) is 0 Å². The Kier molecular flexibility index (Phi) is 6.63. The van der Waals surface area contributed by atoms with Gasteiger partial charge in [0, 0.05) is 10.0 Å². The molecule has 0 saturated heterocycles. The van der Waals surface area contributed by atoms with Gasteiger partial charge >= 0.3 is 11.9 Å². The Labute approximate surface area is 174 Å². The third-order valence-corrected chi connectivity index (χ3v) is 5.89. The molecule has 4 rings (SSSR count). The normalized spacial score (nSPS) is 24.4. The van der Waals surface area contributed by atoms with E-state index in [0.29, 0.717) is 0 Å². The van der Waals surface area contributed by atoms with Gasteiger partial charge < -0.3 is 9.47 Å². The van der Waals surface area contributed by atoms with E-state index >= 15 is 0 Å². The fourth-order valence-electron chi connectivity index (χ4n) is 3.45. The van der Waals surface area contributed by atoms with Gasteiger partial charge in [0.1, 0.15) is 0 Å². The topological polar surface area (TPSA) is 52.6 Å². The minimum absolute atomic E-state index is 0.0138. The molecule has 2 saturated carbocycles. The van der Waals surface area contributed by atoms with Crippen LogP contribution in [0.1, 0.15) is 35.8 Å². The molecule has 28 heavy (non-hydrogen) atoms. The number of methoxy groups -OCH3 is 2. The second kappa shape index (κ2) is 8.97. The first-order valence-corrected chi connectivity index (χ1v) is 9.88. The molecule has 0 spiro atoms. The average molecular weight is 421 g/mol. The number of carbonyl (C=O) groups excluding carboxylic acids is 2. The first-order chi connectivity index (χ1) is 13.5. The van der Waals surface area contributed by atoms with E-state index in [1.807, 2.05) is 48.5 Å². The van der Waals surface area contributed by atoms with Crippen LogP contribution in [0.4, 0.5) is 0 Å². The zero-order valence-corrected chi connectivity index (χ0v) is 17.2. The maximum Gasteiger partial charge on any atom is 0.309 e. The van der Waals surface area contributed by atoms with Crippen molar-refractivity contribution in [3.8, 4) is 0 Å². The van der Waals surface area contributed by atoms with Gasteiger partial charge in [-0.15, -0.1) is 0 Å². The number of esters is 2. The summed E-state index contributed by atoms with van der Waals surface area (Å²) in [6, 6.07) is 15.3. The molecule has 2 aliphatic carbocycles. The standard InChI is InChI=1S/2C11H11ClO2/c2*1-14-11(13)9-6-8(9)7-4-2-3-5-10(7)12/h2*2-5,8-9H,6H2,1H3. The van der Waals surface area contributed by atoms with Gasteiger partial charge in [-0.2, -0.15) is 0 Å². The number of hydrogen-bond acceptors (Lipinski definition) is 4. The lowest BCUT2D eigenvalue weighted by Gasteiger charge is -2.01. The highest BCUT2D eigenvalue weighted by atomic mass is 35.5. The van der Waals surface area contributed by atoms with Gasteiger partial charge in [0.05, 0.1) is 26.1 Å². The molecule has 6 heteroatoms. The molecule has 2 aromatic carbocycles. The number of rotatable bonds is 4. The SMILES string of the molecule is COC(=O)C1CC1c1ccccc1Cl.COC(=O)C1CC1c1ccccc1Cl. The largest absolute Gasteiger partial charge is 0.469 e. The zero-order chi connectivity index (χ0) is 20.3. The molecule has 4 atom stereocenters. The second-order valence-electron chi connectivity index (χ2n) is 6.99. The first kappa shape index (κ1) is 20.7. The van der Waals surface area contributed by atoms with E-state index in [-0.39, 0.29) is 35.6 Å². The van der Waals surface area contributed by atoms with Crippen LogP contribution >= 0.6 is 23.2 Å². The molecule has 2 aromatic rings. The zero-order valence-electron chi connectivity index (χ0n) is 15.7. The summed E-state index contributed by atoms with van der Waals surface area (Å²) in [4.78, 5) is 22.4. The Bertz CT molecular complexity index is 796. The highest BCUT2D eigenvalue weighted by Gasteiger charge is 2.46. The van der Waals surface area contributed by atoms with Crippen molar-refractivity contribution in [2.45, 2.75) is 24.7 Å². The van der Waals surface area contributed by atoms with Crippen molar-refractivity contribution in [2.24, 2.45) is 11.8 Å². The van der Waals surface area contributed by atoms with Gasteiger partial charge in [0.15, 0.2) is 0 Å². The molecule has 2 fully saturated rings. The van der Waals surface area contributed by atoms with Gasteiger partial charge in [-0.1, -0.05) is 59.6 Å². The highest BCUT2D eigenvalue weighted by Crippen LogP contribution is 2.50. The van der Waals surface area contributed by atoms with E-state index < -0.39 is 0 Å². The van der Waals surface area contributed by atoms with Gasteiger partial charge in [0.2, 0.25) is 0 Å². The predicted molar refractivity (Wildman–Crippen MR) is 109 cm³/mol. The van der Waals surface area contributed by atoms with Crippen LogP contribution in [0.15, 0.2) is 48.5 Å². The molecule has 4 nitrogen and oxygen atoms in total. The van der Waals surface area contributed by atoms with E-state index in [0.717, 1.165) is 34.0 Å². The molecule has 148 valence electrons. The Morgan fingerprint density at radius 2 is 1.11 bits per heavy atom. The number of benzene rings is 2. The molecular weight excluding hydrogens is 399 g/mol. The van der Waals surface area contributed by atoms with E-state index in [9.17, 15) is 9.59 Å². The number of carbonyl (C=O) groups is 2. The van der Waals surface area contributed by atoms with Crippen LogP contribution in [0.3, 0.4) is 0 Å². The lowest BCUT2D eigenvalue weighted by molar-refractivity contribution is -0.143. The minimum Gasteiger partial charge on any atom is -0.469 e. The molecule has 2 aliphatic rings. The van der Waals surface area contributed by atoms with Gasteiger partial charge in [0.25, 0.3) is 0 Å². The molecule has 0 bridgehead atoms. The lowest BCUT2D eigenvalue weighted by atomic mass is 10.1. The predicted octanol–water partition coefficient (Wildman–Crippen LogP) is 5.23. The molecule has 4 unspecified atom stereocenters. The number of ether oxygens (including phenoxy) is 2. The average Bonchev–Trinajstić information content (AvgIpc) is 3.62. The molecule has 0 N–H and O–H groups in total. The summed E-state index contributed by atoms with van der Waals surface area (Å²) in [5.74, 6) is 0.289. The Balaban J connectivity index is 0.000000161. The quantitative estimate of drug-likeness (QED) is 0.635. The summed E-state index contributed by atoms with van der Waals surface area (Å²) >= 11 is 12.0. The van der Waals surface area contributed by atoms with Crippen molar-refractivity contribution in [1.29, 1.82) is 0 Å². The number of hydrogen-bond donors (Lipinski definition) is 0. The van der Waals surface area contributed by atoms with Crippen LogP contribution < -0.4 is 0 Å². The maximum absolute atomic E-state index is 11.2. The lowest BCUT2D eigenvalue weighted by Crippen LogP contribution is -2.03. The second-order valence-corrected chi connectivity index (χ2v) is 7.80. The maximum atomic E-state index is 11.2. The molecule has 0 aromatic heterocycles. The van der Waals surface area contributed by atoms with Crippen LogP contribution in [0.2, 0.25) is 10.0 Å². The molecule has 0 aliphatic heterocycles. The molecular formula is C22H22Cl2O4. The Hall–Kier alpha value is -2.04. The fraction of sp³-hybridized carbons (Fsp3) is 0.364. The first-order valence-electron chi connectivity index (χ1n) is 9.12. The summed E-state index contributed by atoms with van der Waals surface area (Å²) in [6.07, 6.45) is 1.72. The van der Waals surface area contributed by atoms with Crippen LogP contribution in [0.25, 0.3) is 0 Å². The van der Waals surface area contributed by atoms with Crippen molar-refractivity contribution in [2.75, 3.05) is 14.2 Å². The van der Waals surface area contributed by atoms with Crippen molar-refractivity contribution >= 4 is 35.1 Å². The summed E-state index contributed by atoms with van der Waals surface area (Å²) in [7, 11) is 2.84. The third-order valence-electron chi connectivity index (χ3n) is 5.20. The van der Waals surface area contributed by atoms with Crippen molar-refractivity contribution < 1.29 is 19.1 Å². The minimum atomic E-state index is -0.130. The van der Waals surface area contributed by atoms with Crippen LogP contribution in [0, 0.1) is 11.8 Å². The third kappa shape index (κ3) is 4.68. The fourth-order valence-corrected chi connectivity index (χ4v) is 4.00. The van der Waals surface area contributed by atoms with Crippen molar-refractivity contribution in [1.82, 2.24) is 0 Å². The van der Waals surface area contributed by atoms with Crippen LogP contribution in [-0.2, 0) is 19.1 Å². The Morgan fingerprint density at radius 3 is 1.43 bits per heavy atom. The van der Waals surface area contributed by atoms with Gasteiger partial charge in [-0.05, 0) is 47.9 Å². The van der Waals surface area contributed by atoms with Crippen LogP contribution in [-0.4, -0.2) is 26.2 Å². The monoisotopic (exact) mass is 420 g/mol. The molecule has 0 radical (unpaired) electrons. The smallest absolute Gasteiger partial charge is 0.309 e. The van der Waals surface area contributed by atoms with Crippen molar-refractivity contribution in [3.63, 3.8) is 0 Å². The Morgan fingerprint density at radius 1 is 0.750 bits per heavy atom. The van der Waals surface area contributed by atoms with Crippen molar-refractivity contribution in [3.05, 3.63) is 69.7 Å². The van der Waals surface area contributed by atoms with E-state index in [2.05, 4.69) is 9.47 Å². The number of halogens is 2. The molecule has 0 amide bonds. The van der Waals surface area contributed by atoms with Gasteiger partial charge in [-0.3, -0.25) is 9.59 Å². The summed E-state index contributed by atoms with van der Waals surface area (Å²) in [5, 5.41) is 1.48. The van der Waals surface area contributed by atoms with E-state index in [4.69, 9.17) is 23.2 Å². The summed E-state index contributed by atoms with van der Waals surface area (Å²) in [6.45, 7) is 0. The van der Waals surface area contributed by atoms with E-state index in [1.54, 1.807) is 0 Å². The highest BCUT2D eigenvalue weighted by molar-refractivity contribution is 6.31. The van der Waals surface area contributed by atoms with Gasteiger partial charge in [-0.25, -0.2) is 0 Å².